The van der Waals surface area contributed by atoms with Crippen molar-refractivity contribution in [2.45, 2.75) is 6.36 Å². The van der Waals surface area contributed by atoms with Gasteiger partial charge in [-0.2, -0.15) is 9.37 Å². The molecule has 9 heteroatoms. The van der Waals surface area contributed by atoms with Crippen LogP contribution in [0.3, 0.4) is 0 Å². The van der Waals surface area contributed by atoms with E-state index in [0.29, 0.717) is 0 Å². The standard InChI is InChI=1S/C11H5ClF4N2O2/c12-10-17-5-8(13)9(18-10)19-6-1-3-7(4-2-6)20-11(14,15)16/h1-5H. The molecule has 1 aromatic heterocycles. The first-order chi connectivity index (χ1) is 9.33. The van der Waals surface area contributed by atoms with Crippen molar-refractivity contribution in [1.29, 1.82) is 0 Å². The molecular formula is C11H5ClF4N2O2. The molecule has 0 bridgehead atoms. The fraction of sp³-hybridized carbons (Fsp3) is 0.0909. The summed E-state index contributed by atoms with van der Waals surface area (Å²) in [6.45, 7) is 0. The number of nitrogens with zero attached hydrogens (tertiary/aromatic N) is 2. The molecule has 0 fully saturated rings. The van der Waals surface area contributed by atoms with Crippen LogP contribution in [-0.4, -0.2) is 16.3 Å². The van der Waals surface area contributed by atoms with E-state index in [1.54, 1.807) is 0 Å². The molecule has 0 saturated carbocycles. The van der Waals surface area contributed by atoms with Crippen molar-refractivity contribution in [2.24, 2.45) is 0 Å². The second kappa shape index (κ2) is 5.49. The molecule has 0 saturated heterocycles. The van der Waals surface area contributed by atoms with Gasteiger partial charge in [-0.05, 0) is 35.9 Å². The van der Waals surface area contributed by atoms with Crippen molar-refractivity contribution in [3.05, 3.63) is 41.6 Å². The van der Waals surface area contributed by atoms with Gasteiger partial charge in [-0.25, -0.2) is 4.98 Å². The Bertz CT molecular complexity index is 604. The number of rotatable bonds is 3. The molecule has 4 nitrogen and oxygen atoms in total. The van der Waals surface area contributed by atoms with Crippen molar-refractivity contribution in [3.63, 3.8) is 0 Å². The van der Waals surface area contributed by atoms with Crippen molar-refractivity contribution in [2.75, 3.05) is 0 Å². The summed E-state index contributed by atoms with van der Waals surface area (Å²) in [6, 6.07) is 4.36. The second-order valence-corrected chi connectivity index (χ2v) is 3.75. The van der Waals surface area contributed by atoms with Crippen LogP contribution in [0.1, 0.15) is 0 Å². The van der Waals surface area contributed by atoms with Gasteiger partial charge >= 0.3 is 6.36 Å². The molecule has 0 amide bonds. The Hall–Kier alpha value is -2.09. The zero-order chi connectivity index (χ0) is 14.8. The van der Waals surface area contributed by atoms with Gasteiger partial charge in [0.25, 0.3) is 5.88 Å². The minimum absolute atomic E-state index is 0.0631. The quantitative estimate of drug-likeness (QED) is 0.636. The average molecular weight is 309 g/mol. The van der Waals surface area contributed by atoms with Crippen LogP contribution in [0.5, 0.6) is 17.4 Å². The number of ether oxygens (including phenoxy) is 2. The molecule has 106 valence electrons. The topological polar surface area (TPSA) is 44.2 Å². The van der Waals surface area contributed by atoms with Crippen LogP contribution in [0.25, 0.3) is 0 Å². The Morgan fingerprint density at radius 2 is 1.65 bits per heavy atom. The van der Waals surface area contributed by atoms with E-state index < -0.39 is 23.8 Å². The van der Waals surface area contributed by atoms with Gasteiger partial charge in [-0.15, -0.1) is 13.2 Å². The molecule has 2 rings (SSSR count). The predicted molar refractivity (Wildman–Crippen MR) is 60.2 cm³/mol. The maximum atomic E-state index is 13.3. The fourth-order valence-electron chi connectivity index (χ4n) is 1.22. The van der Waals surface area contributed by atoms with Crippen molar-refractivity contribution < 1.29 is 27.0 Å². The molecule has 0 spiro atoms. The van der Waals surface area contributed by atoms with Crippen LogP contribution >= 0.6 is 11.6 Å². The van der Waals surface area contributed by atoms with Gasteiger partial charge in [0.15, 0.2) is 0 Å². The van der Waals surface area contributed by atoms with E-state index in [2.05, 4.69) is 14.7 Å². The van der Waals surface area contributed by atoms with Crippen LogP contribution in [0.4, 0.5) is 17.6 Å². The van der Waals surface area contributed by atoms with Crippen LogP contribution < -0.4 is 9.47 Å². The molecule has 0 aliphatic rings. The van der Waals surface area contributed by atoms with Crippen molar-refractivity contribution in [1.82, 2.24) is 9.97 Å². The summed E-state index contributed by atoms with van der Waals surface area (Å²) in [4.78, 5) is 6.89. The Kier molecular flexibility index (Phi) is 3.93. The van der Waals surface area contributed by atoms with E-state index in [0.717, 1.165) is 30.5 Å². The van der Waals surface area contributed by atoms with Gasteiger partial charge in [-0.3, -0.25) is 0 Å². The highest BCUT2D eigenvalue weighted by Crippen LogP contribution is 2.27. The molecule has 20 heavy (non-hydrogen) atoms. The lowest BCUT2D eigenvalue weighted by atomic mass is 10.3. The highest BCUT2D eigenvalue weighted by molar-refractivity contribution is 6.28. The Morgan fingerprint density at radius 3 is 2.25 bits per heavy atom. The Morgan fingerprint density at radius 1 is 1.05 bits per heavy atom. The van der Waals surface area contributed by atoms with Crippen LogP contribution in [-0.2, 0) is 0 Å². The molecule has 0 aliphatic heterocycles. The molecular weight excluding hydrogens is 304 g/mol. The molecule has 2 aromatic rings. The summed E-state index contributed by atoms with van der Waals surface area (Å²) < 4.78 is 57.8. The van der Waals surface area contributed by atoms with E-state index >= 15 is 0 Å². The summed E-state index contributed by atoms with van der Waals surface area (Å²) in [6.07, 6.45) is -3.97. The molecule has 0 unspecified atom stereocenters. The largest absolute Gasteiger partial charge is 0.573 e. The third kappa shape index (κ3) is 3.95. The van der Waals surface area contributed by atoms with E-state index in [1.807, 2.05) is 0 Å². The molecule has 0 aliphatic carbocycles. The van der Waals surface area contributed by atoms with E-state index in [-0.39, 0.29) is 11.0 Å². The van der Waals surface area contributed by atoms with Gasteiger partial charge in [0.1, 0.15) is 11.5 Å². The minimum atomic E-state index is -4.78. The molecule has 0 N–H and O–H groups in total. The summed E-state index contributed by atoms with van der Waals surface area (Å²) in [5.74, 6) is -1.65. The fourth-order valence-corrected chi connectivity index (χ4v) is 1.35. The maximum Gasteiger partial charge on any atom is 0.573 e. The monoisotopic (exact) mass is 308 g/mol. The zero-order valence-electron chi connectivity index (χ0n) is 9.49. The first kappa shape index (κ1) is 14.3. The minimum Gasteiger partial charge on any atom is -0.436 e. The van der Waals surface area contributed by atoms with Crippen molar-refractivity contribution in [3.8, 4) is 17.4 Å². The number of alkyl halides is 3. The summed E-state index contributed by atoms with van der Waals surface area (Å²) in [7, 11) is 0. The van der Waals surface area contributed by atoms with E-state index in [9.17, 15) is 17.6 Å². The number of hydrogen-bond acceptors (Lipinski definition) is 4. The molecule has 0 radical (unpaired) electrons. The van der Waals surface area contributed by atoms with Gasteiger partial charge in [0.2, 0.25) is 11.1 Å². The lowest BCUT2D eigenvalue weighted by Crippen LogP contribution is -2.16. The van der Waals surface area contributed by atoms with Gasteiger partial charge in [0, 0.05) is 0 Å². The molecule has 0 atom stereocenters. The Balaban J connectivity index is 2.13. The highest BCUT2D eigenvalue weighted by atomic mass is 35.5. The number of benzene rings is 1. The van der Waals surface area contributed by atoms with Crippen LogP contribution in [0.2, 0.25) is 5.28 Å². The van der Waals surface area contributed by atoms with Crippen LogP contribution in [0, 0.1) is 5.82 Å². The van der Waals surface area contributed by atoms with E-state index in [1.165, 1.54) is 0 Å². The first-order valence-corrected chi connectivity index (χ1v) is 5.43. The number of aromatic nitrogens is 2. The van der Waals surface area contributed by atoms with Crippen molar-refractivity contribution >= 4 is 11.6 Å². The highest BCUT2D eigenvalue weighted by Gasteiger charge is 2.31. The SMILES string of the molecule is Fc1cnc(Cl)nc1Oc1ccc(OC(F)(F)F)cc1. The summed E-state index contributed by atoms with van der Waals surface area (Å²) in [5.41, 5.74) is 0. The van der Waals surface area contributed by atoms with E-state index in [4.69, 9.17) is 16.3 Å². The first-order valence-electron chi connectivity index (χ1n) is 5.05. The molecule has 1 heterocycles. The van der Waals surface area contributed by atoms with Gasteiger partial charge in [0.05, 0.1) is 6.20 Å². The smallest absolute Gasteiger partial charge is 0.436 e. The zero-order valence-corrected chi connectivity index (χ0v) is 10.2. The van der Waals surface area contributed by atoms with Crippen LogP contribution in [0.15, 0.2) is 30.5 Å². The number of halogens is 5. The van der Waals surface area contributed by atoms with Gasteiger partial charge in [-0.1, -0.05) is 0 Å². The normalized spacial score (nSPS) is 11.2. The lowest BCUT2D eigenvalue weighted by Gasteiger charge is -2.09. The van der Waals surface area contributed by atoms with Gasteiger partial charge < -0.3 is 9.47 Å². The maximum absolute atomic E-state index is 13.3. The third-order valence-corrected chi connectivity index (χ3v) is 2.14. The number of hydrogen-bond donors (Lipinski definition) is 0. The molecule has 1 aromatic carbocycles. The predicted octanol–water partition coefficient (Wildman–Crippen LogP) is 3.96. The Labute approximate surface area is 114 Å². The summed E-state index contributed by atoms with van der Waals surface area (Å²) in [5, 5.41) is -0.224. The summed E-state index contributed by atoms with van der Waals surface area (Å²) >= 11 is 5.47. The second-order valence-electron chi connectivity index (χ2n) is 3.41. The lowest BCUT2D eigenvalue weighted by molar-refractivity contribution is -0.274. The third-order valence-electron chi connectivity index (χ3n) is 1.95. The average Bonchev–Trinajstić information content (AvgIpc) is 2.34.